The zero-order valence-corrected chi connectivity index (χ0v) is 16.0. The molecule has 2 heterocycles. The average molecular weight is 402 g/mol. The molecule has 0 spiro atoms. The quantitative estimate of drug-likeness (QED) is 0.564. The monoisotopic (exact) mass is 401 g/mol. The van der Waals surface area contributed by atoms with Crippen LogP contribution < -0.4 is 22.3 Å². The van der Waals surface area contributed by atoms with Crippen molar-refractivity contribution < 1.29 is 4.79 Å². The lowest BCUT2D eigenvalue weighted by Gasteiger charge is -2.19. The Hall–Kier alpha value is -3.04. The maximum atomic E-state index is 13.0. The van der Waals surface area contributed by atoms with Gasteiger partial charge in [0.1, 0.15) is 5.82 Å². The van der Waals surface area contributed by atoms with Gasteiger partial charge in [0.05, 0.1) is 22.0 Å². The summed E-state index contributed by atoms with van der Waals surface area (Å²) in [5.41, 5.74) is 11.5. The van der Waals surface area contributed by atoms with Gasteiger partial charge in [-0.05, 0) is 32.0 Å². The molecule has 0 fully saturated rings. The molecule has 0 aliphatic heterocycles. The van der Waals surface area contributed by atoms with Crippen molar-refractivity contribution >= 4 is 34.2 Å². The van der Waals surface area contributed by atoms with Gasteiger partial charge in [-0.25, -0.2) is 15.0 Å². The number of carbonyl (C=O) groups excluding carboxylic acids is 1. The Morgan fingerprint density at radius 1 is 1.32 bits per heavy atom. The number of fused-ring (bicyclic) bond motifs is 1. The van der Waals surface area contributed by atoms with E-state index in [1.165, 1.54) is 17.0 Å². The first-order valence-corrected chi connectivity index (χ1v) is 9.08. The number of hydrogen-bond acceptors (Lipinski definition) is 7. The number of rotatable bonds is 6. The number of halogens is 1. The van der Waals surface area contributed by atoms with E-state index in [2.05, 4.69) is 20.3 Å². The van der Waals surface area contributed by atoms with Crippen LogP contribution in [-0.4, -0.2) is 32.0 Å². The molecule has 28 heavy (non-hydrogen) atoms. The Labute approximate surface area is 165 Å². The van der Waals surface area contributed by atoms with Gasteiger partial charge in [0.25, 0.3) is 11.5 Å². The second-order valence-corrected chi connectivity index (χ2v) is 6.60. The molecule has 3 rings (SSSR count). The third kappa shape index (κ3) is 3.80. The summed E-state index contributed by atoms with van der Waals surface area (Å²) in [4.78, 5) is 37.9. The van der Waals surface area contributed by atoms with E-state index >= 15 is 0 Å². The molecule has 5 N–H and O–H groups in total. The third-order valence-electron chi connectivity index (χ3n) is 4.22. The molecule has 0 saturated heterocycles. The standard InChI is InChI=1S/C18H20ClN7O2/c1-10(24-17(27)14-15(21)23-8-7-22-14)16-25-12-5-2-4-11(19)13(12)18(28)26(16)9-3-6-20/h2,4-5,7-8,10H,3,6,9,20H2,1H3,(H2,21,23)(H,24,27)/t10-/m0/s1. The van der Waals surface area contributed by atoms with Gasteiger partial charge in [-0.3, -0.25) is 14.2 Å². The van der Waals surface area contributed by atoms with Crippen LogP contribution >= 0.6 is 11.6 Å². The lowest BCUT2D eigenvalue weighted by Crippen LogP contribution is -2.35. The summed E-state index contributed by atoms with van der Waals surface area (Å²) in [6.07, 6.45) is 3.35. The number of amides is 1. The van der Waals surface area contributed by atoms with Gasteiger partial charge in [0.2, 0.25) is 0 Å². The molecule has 0 bridgehead atoms. The van der Waals surface area contributed by atoms with E-state index in [4.69, 9.17) is 23.1 Å². The van der Waals surface area contributed by atoms with Crippen molar-refractivity contribution in [1.29, 1.82) is 0 Å². The number of aromatic nitrogens is 4. The molecular weight excluding hydrogens is 382 g/mol. The summed E-state index contributed by atoms with van der Waals surface area (Å²) in [7, 11) is 0. The van der Waals surface area contributed by atoms with Gasteiger partial charge in [0.15, 0.2) is 11.5 Å². The van der Waals surface area contributed by atoms with Crippen molar-refractivity contribution in [3.05, 3.63) is 57.5 Å². The first-order valence-electron chi connectivity index (χ1n) is 8.70. The van der Waals surface area contributed by atoms with Crippen molar-refractivity contribution in [3.63, 3.8) is 0 Å². The maximum Gasteiger partial charge on any atom is 0.274 e. The van der Waals surface area contributed by atoms with Gasteiger partial charge in [-0.15, -0.1) is 0 Å². The summed E-state index contributed by atoms with van der Waals surface area (Å²) in [5, 5.41) is 3.43. The average Bonchev–Trinajstić information content (AvgIpc) is 2.67. The van der Waals surface area contributed by atoms with E-state index in [0.717, 1.165) is 0 Å². The Morgan fingerprint density at radius 3 is 2.79 bits per heavy atom. The predicted octanol–water partition coefficient (Wildman–Crippen LogP) is 1.26. The van der Waals surface area contributed by atoms with Crippen molar-refractivity contribution in [2.75, 3.05) is 12.3 Å². The smallest absolute Gasteiger partial charge is 0.274 e. The normalized spacial score (nSPS) is 12.1. The molecule has 0 radical (unpaired) electrons. The van der Waals surface area contributed by atoms with Gasteiger partial charge >= 0.3 is 0 Å². The summed E-state index contributed by atoms with van der Waals surface area (Å²) in [6.45, 7) is 2.48. The second-order valence-electron chi connectivity index (χ2n) is 6.19. The number of nitrogens with one attached hydrogen (secondary N) is 1. The number of hydrogen-bond donors (Lipinski definition) is 3. The van der Waals surface area contributed by atoms with Crippen LogP contribution in [0.4, 0.5) is 5.82 Å². The first-order chi connectivity index (χ1) is 13.4. The Bertz CT molecular complexity index is 1080. The zero-order chi connectivity index (χ0) is 20.3. The molecule has 3 aromatic rings. The minimum atomic E-state index is -0.595. The second kappa shape index (κ2) is 8.32. The van der Waals surface area contributed by atoms with Crippen LogP contribution in [0.5, 0.6) is 0 Å². The Morgan fingerprint density at radius 2 is 2.07 bits per heavy atom. The molecule has 0 aliphatic carbocycles. The zero-order valence-electron chi connectivity index (χ0n) is 15.2. The molecule has 0 aliphatic rings. The third-order valence-corrected chi connectivity index (χ3v) is 4.54. The van der Waals surface area contributed by atoms with Crippen LogP contribution in [0.1, 0.15) is 35.7 Å². The van der Waals surface area contributed by atoms with Crippen molar-refractivity contribution in [1.82, 2.24) is 24.8 Å². The SMILES string of the molecule is C[C@H](NC(=O)c1nccnc1N)c1nc2cccc(Cl)c2c(=O)n1CCCN. The number of nitrogen functional groups attached to an aromatic ring is 1. The molecule has 1 atom stereocenters. The molecule has 9 nitrogen and oxygen atoms in total. The molecular formula is C18H20ClN7O2. The molecule has 0 saturated carbocycles. The fourth-order valence-electron chi connectivity index (χ4n) is 2.89. The van der Waals surface area contributed by atoms with Gasteiger partial charge in [-0.2, -0.15) is 0 Å². The summed E-state index contributed by atoms with van der Waals surface area (Å²) < 4.78 is 1.49. The van der Waals surface area contributed by atoms with E-state index in [-0.39, 0.29) is 17.1 Å². The predicted molar refractivity (Wildman–Crippen MR) is 107 cm³/mol. The lowest BCUT2D eigenvalue weighted by atomic mass is 10.2. The number of benzene rings is 1. The van der Waals surface area contributed by atoms with Gasteiger partial charge in [0, 0.05) is 18.9 Å². The number of nitrogens with zero attached hydrogens (tertiary/aromatic N) is 4. The lowest BCUT2D eigenvalue weighted by molar-refractivity contribution is 0.0933. The fourth-order valence-corrected chi connectivity index (χ4v) is 3.14. The van der Waals surface area contributed by atoms with E-state index in [1.807, 2.05) is 0 Å². The van der Waals surface area contributed by atoms with E-state index < -0.39 is 11.9 Å². The Kier molecular flexibility index (Phi) is 5.86. The van der Waals surface area contributed by atoms with Crippen molar-refractivity contribution in [3.8, 4) is 0 Å². The minimum absolute atomic E-state index is 0.00837. The van der Waals surface area contributed by atoms with Crippen LogP contribution in [0.2, 0.25) is 5.02 Å². The van der Waals surface area contributed by atoms with Crippen LogP contribution in [0.25, 0.3) is 10.9 Å². The molecule has 0 unspecified atom stereocenters. The van der Waals surface area contributed by atoms with Crippen LogP contribution in [0.3, 0.4) is 0 Å². The highest BCUT2D eigenvalue weighted by molar-refractivity contribution is 6.35. The van der Waals surface area contributed by atoms with Crippen molar-refractivity contribution in [2.24, 2.45) is 5.73 Å². The molecule has 146 valence electrons. The maximum absolute atomic E-state index is 13.0. The molecule has 1 amide bonds. The largest absolute Gasteiger partial charge is 0.382 e. The fraction of sp³-hybridized carbons (Fsp3) is 0.278. The van der Waals surface area contributed by atoms with E-state index in [9.17, 15) is 9.59 Å². The van der Waals surface area contributed by atoms with Crippen molar-refractivity contribution in [2.45, 2.75) is 25.9 Å². The molecule has 2 aromatic heterocycles. The highest BCUT2D eigenvalue weighted by Crippen LogP contribution is 2.21. The van der Waals surface area contributed by atoms with Gasteiger partial charge < -0.3 is 16.8 Å². The topological polar surface area (TPSA) is 142 Å². The summed E-state index contributed by atoms with van der Waals surface area (Å²) in [6, 6.07) is 4.47. The highest BCUT2D eigenvalue weighted by Gasteiger charge is 2.21. The van der Waals surface area contributed by atoms with E-state index in [1.54, 1.807) is 25.1 Å². The number of nitrogens with two attached hydrogens (primary N) is 2. The highest BCUT2D eigenvalue weighted by atomic mass is 35.5. The van der Waals surface area contributed by atoms with Gasteiger partial charge in [-0.1, -0.05) is 17.7 Å². The Balaban J connectivity index is 2.04. The van der Waals surface area contributed by atoms with Crippen LogP contribution in [0, 0.1) is 0 Å². The summed E-state index contributed by atoms with van der Waals surface area (Å²) in [5.74, 6) is -0.0982. The molecule has 1 aromatic carbocycles. The summed E-state index contributed by atoms with van der Waals surface area (Å²) >= 11 is 6.21. The number of anilines is 1. The molecule has 10 heteroatoms. The van der Waals surface area contributed by atoms with E-state index in [0.29, 0.717) is 41.3 Å². The van der Waals surface area contributed by atoms with Crippen LogP contribution in [-0.2, 0) is 6.54 Å². The first kappa shape index (κ1) is 19.7. The number of carbonyl (C=O) groups is 1. The van der Waals surface area contributed by atoms with Crippen LogP contribution in [0.15, 0.2) is 35.4 Å². The minimum Gasteiger partial charge on any atom is -0.382 e.